The third-order valence-electron chi connectivity index (χ3n) is 3.35. The molecule has 0 spiro atoms. The highest BCUT2D eigenvalue weighted by Gasteiger charge is 2.43. The first kappa shape index (κ1) is 11.7. The monoisotopic (exact) mass is 263 g/mol. The number of hydrogen-bond donors (Lipinski definition) is 2. The number of nitrogens with one attached hydrogen (secondary N) is 2. The lowest BCUT2D eigenvalue weighted by Gasteiger charge is -2.40. The van der Waals surface area contributed by atoms with Gasteiger partial charge in [-0.2, -0.15) is 5.10 Å². The van der Waals surface area contributed by atoms with E-state index in [1.807, 2.05) is 0 Å². The number of carbonyl (C=O) groups is 1. The van der Waals surface area contributed by atoms with E-state index < -0.39 is 5.54 Å². The smallest absolute Gasteiger partial charge is 0.290 e. The molecule has 0 aliphatic heterocycles. The van der Waals surface area contributed by atoms with E-state index >= 15 is 0 Å². The van der Waals surface area contributed by atoms with Crippen LogP contribution in [0, 0.1) is 0 Å². The highest BCUT2D eigenvalue weighted by Crippen LogP contribution is 2.39. The summed E-state index contributed by atoms with van der Waals surface area (Å²) in [7, 11) is 1.46. The Morgan fingerprint density at radius 3 is 2.95 bits per heavy atom. The first-order valence-electron chi connectivity index (χ1n) is 5.92. The number of H-pyrrole nitrogens is 1. The molecule has 1 aliphatic rings. The average Bonchev–Trinajstić information content (AvgIpc) is 3.03. The Hall–Kier alpha value is -2.38. The Bertz CT molecular complexity index is 573. The fourth-order valence-electron chi connectivity index (χ4n) is 2.13. The van der Waals surface area contributed by atoms with Crippen LogP contribution in [-0.4, -0.2) is 33.4 Å². The fourth-order valence-corrected chi connectivity index (χ4v) is 2.13. The van der Waals surface area contributed by atoms with Crippen LogP contribution in [0.15, 0.2) is 16.9 Å². The van der Waals surface area contributed by atoms with Crippen LogP contribution in [0.1, 0.15) is 35.6 Å². The van der Waals surface area contributed by atoms with Crippen LogP contribution < -0.4 is 10.1 Å². The van der Waals surface area contributed by atoms with Gasteiger partial charge in [-0.3, -0.25) is 9.89 Å². The Morgan fingerprint density at radius 1 is 1.58 bits per heavy atom. The van der Waals surface area contributed by atoms with E-state index in [1.54, 1.807) is 0 Å². The van der Waals surface area contributed by atoms with Gasteiger partial charge in [0.05, 0.1) is 18.7 Å². The van der Waals surface area contributed by atoms with Gasteiger partial charge in [0.25, 0.3) is 11.8 Å². The lowest BCUT2D eigenvalue weighted by Crippen LogP contribution is -2.51. The van der Waals surface area contributed by atoms with E-state index in [2.05, 4.69) is 25.7 Å². The molecule has 0 aromatic carbocycles. The van der Waals surface area contributed by atoms with Gasteiger partial charge in [0.2, 0.25) is 5.76 Å². The Labute approximate surface area is 108 Å². The number of hydrogen-bond acceptors (Lipinski definition) is 6. The van der Waals surface area contributed by atoms with Crippen LogP contribution >= 0.6 is 0 Å². The second kappa shape index (κ2) is 4.38. The van der Waals surface area contributed by atoms with Crippen molar-refractivity contribution in [2.45, 2.75) is 24.8 Å². The van der Waals surface area contributed by atoms with Gasteiger partial charge < -0.3 is 14.6 Å². The molecule has 2 heterocycles. The zero-order valence-corrected chi connectivity index (χ0v) is 10.3. The SMILES string of the molecule is COc1cc(C(=O)NC2(c3ncn[nH]3)CCC2)on1. The molecule has 100 valence electrons. The summed E-state index contributed by atoms with van der Waals surface area (Å²) in [4.78, 5) is 16.2. The summed E-state index contributed by atoms with van der Waals surface area (Å²) in [6.45, 7) is 0. The molecule has 8 nitrogen and oxygen atoms in total. The second-order valence-electron chi connectivity index (χ2n) is 4.46. The van der Waals surface area contributed by atoms with Gasteiger partial charge in [-0.15, -0.1) is 0 Å². The number of aromatic nitrogens is 4. The number of carbonyl (C=O) groups excluding carboxylic acids is 1. The molecule has 3 rings (SSSR count). The lowest BCUT2D eigenvalue weighted by molar-refractivity contribution is 0.0772. The van der Waals surface area contributed by atoms with Crippen LogP contribution in [0.3, 0.4) is 0 Å². The molecule has 0 atom stereocenters. The number of ether oxygens (including phenoxy) is 1. The van der Waals surface area contributed by atoms with Gasteiger partial charge >= 0.3 is 0 Å². The molecule has 19 heavy (non-hydrogen) atoms. The minimum atomic E-state index is -0.479. The molecule has 0 radical (unpaired) electrons. The van der Waals surface area contributed by atoms with E-state index in [9.17, 15) is 4.79 Å². The number of aromatic amines is 1. The number of methoxy groups -OCH3 is 1. The van der Waals surface area contributed by atoms with Crippen molar-refractivity contribution in [3.05, 3.63) is 24.0 Å². The molecule has 0 saturated heterocycles. The van der Waals surface area contributed by atoms with Gasteiger partial charge in [-0.1, -0.05) is 0 Å². The molecule has 1 saturated carbocycles. The van der Waals surface area contributed by atoms with Crippen molar-refractivity contribution in [2.24, 2.45) is 0 Å². The summed E-state index contributed by atoms with van der Waals surface area (Å²) in [5.41, 5.74) is -0.479. The summed E-state index contributed by atoms with van der Waals surface area (Å²) < 4.78 is 9.79. The highest BCUT2D eigenvalue weighted by molar-refractivity contribution is 5.92. The molecule has 2 N–H and O–H groups in total. The van der Waals surface area contributed by atoms with E-state index in [-0.39, 0.29) is 17.5 Å². The molecule has 8 heteroatoms. The summed E-state index contributed by atoms with van der Waals surface area (Å²) in [6.07, 6.45) is 4.10. The van der Waals surface area contributed by atoms with Gasteiger partial charge in [-0.25, -0.2) is 4.98 Å². The van der Waals surface area contributed by atoms with Crippen LogP contribution in [0.5, 0.6) is 5.88 Å². The predicted molar refractivity (Wildman–Crippen MR) is 62.4 cm³/mol. The van der Waals surface area contributed by atoms with Crippen molar-refractivity contribution in [2.75, 3.05) is 7.11 Å². The van der Waals surface area contributed by atoms with Crippen molar-refractivity contribution >= 4 is 5.91 Å². The minimum Gasteiger partial charge on any atom is -0.479 e. The average molecular weight is 263 g/mol. The van der Waals surface area contributed by atoms with Gasteiger partial charge in [-0.05, 0) is 24.4 Å². The van der Waals surface area contributed by atoms with Crippen molar-refractivity contribution in [3.63, 3.8) is 0 Å². The number of rotatable bonds is 4. The van der Waals surface area contributed by atoms with Gasteiger partial charge in [0.15, 0.2) is 0 Å². The maximum atomic E-state index is 12.1. The largest absolute Gasteiger partial charge is 0.479 e. The molecule has 1 amide bonds. The topological polar surface area (TPSA) is 106 Å². The van der Waals surface area contributed by atoms with E-state index in [4.69, 9.17) is 9.26 Å². The van der Waals surface area contributed by atoms with Crippen molar-refractivity contribution in [1.29, 1.82) is 0 Å². The molecule has 0 unspecified atom stereocenters. The maximum absolute atomic E-state index is 12.1. The van der Waals surface area contributed by atoms with Crippen LogP contribution in [-0.2, 0) is 5.54 Å². The quantitative estimate of drug-likeness (QED) is 0.837. The summed E-state index contributed by atoms with van der Waals surface area (Å²) >= 11 is 0. The molecule has 2 aromatic rings. The molecular formula is C11H13N5O3. The second-order valence-corrected chi connectivity index (χ2v) is 4.46. The van der Waals surface area contributed by atoms with Gasteiger partial charge in [0, 0.05) is 0 Å². The fraction of sp³-hybridized carbons (Fsp3) is 0.455. The number of nitrogens with zero attached hydrogens (tertiary/aromatic N) is 3. The zero-order chi connectivity index (χ0) is 13.3. The zero-order valence-electron chi connectivity index (χ0n) is 10.3. The maximum Gasteiger partial charge on any atom is 0.290 e. The summed E-state index contributed by atoms with van der Waals surface area (Å²) in [5, 5.41) is 13.2. The molecule has 2 aromatic heterocycles. The van der Waals surface area contributed by atoms with Crippen LogP contribution in [0.25, 0.3) is 0 Å². The highest BCUT2D eigenvalue weighted by atomic mass is 16.5. The first-order chi connectivity index (χ1) is 9.23. The first-order valence-corrected chi connectivity index (χ1v) is 5.92. The Balaban J connectivity index is 1.78. The Morgan fingerprint density at radius 2 is 2.42 bits per heavy atom. The third-order valence-corrected chi connectivity index (χ3v) is 3.35. The summed E-state index contributed by atoms with van der Waals surface area (Å²) in [6, 6.07) is 1.45. The molecule has 1 fully saturated rings. The minimum absolute atomic E-state index is 0.114. The van der Waals surface area contributed by atoms with Crippen molar-refractivity contribution in [1.82, 2.24) is 25.7 Å². The number of amides is 1. The summed E-state index contributed by atoms with van der Waals surface area (Å²) in [5.74, 6) is 0.709. The molecular weight excluding hydrogens is 250 g/mol. The van der Waals surface area contributed by atoms with E-state index in [0.29, 0.717) is 5.82 Å². The van der Waals surface area contributed by atoms with Crippen LogP contribution in [0.2, 0.25) is 0 Å². The van der Waals surface area contributed by atoms with Crippen molar-refractivity contribution in [3.8, 4) is 5.88 Å². The predicted octanol–water partition coefficient (Wildman–Crippen LogP) is 0.610. The third kappa shape index (κ3) is 1.94. The van der Waals surface area contributed by atoms with E-state index in [0.717, 1.165) is 19.3 Å². The van der Waals surface area contributed by atoms with Crippen LogP contribution in [0.4, 0.5) is 0 Å². The normalized spacial score (nSPS) is 16.7. The standard InChI is InChI=1S/C11H13N5O3/c1-18-8-5-7(19-16-8)9(17)14-11(3-2-4-11)10-12-6-13-15-10/h5-6H,2-4H2,1H3,(H,14,17)(H,12,13,15). The lowest BCUT2D eigenvalue weighted by atomic mass is 9.76. The van der Waals surface area contributed by atoms with E-state index in [1.165, 1.54) is 19.5 Å². The molecule has 1 aliphatic carbocycles. The Kier molecular flexibility index (Phi) is 2.69. The van der Waals surface area contributed by atoms with Gasteiger partial charge in [0.1, 0.15) is 12.2 Å². The molecule has 0 bridgehead atoms. The van der Waals surface area contributed by atoms with Crippen molar-refractivity contribution < 1.29 is 14.1 Å².